The molecule has 0 bridgehead atoms. The molecule has 4 heteroatoms. The van der Waals surface area contributed by atoms with E-state index >= 15 is 0 Å². The second kappa shape index (κ2) is 8.45. The molecule has 1 aromatic carbocycles. The number of ether oxygens (including phenoxy) is 1. The number of benzene rings is 1. The fraction of sp³-hybridized carbons (Fsp3) is 0.450. The van der Waals surface area contributed by atoms with Crippen LogP contribution in [0.15, 0.2) is 41.8 Å². The first-order valence-corrected chi connectivity index (χ1v) is 9.55. The zero-order valence-corrected chi connectivity index (χ0v) is 15.1. The van der Waals surface area contributed by atoms with Crippen LogP contribution in [-0.4, -0.2) is 36.6 Å². The van der Waals surface area contributed by atoms with Gasteiger partial charge in [0, 0.05) is 30.7 Å². The van der Waals surface area contributed by atoms with Crippen LogP contribution < -0.4 is 0 Å². The smallest absolute Gasteiger partial charge is 0.227 e. The van der Waals surface area contributed by atoms with Crippen molar-refractivity contribution < 1.29 is 9.53 Å². The van der Waals surface area contributed by atoms with Crippen LogP contribution in [0.4, 0.5) is 0 Å². The molecule has 1 aromatic heterocycles. The number of hydrogen-bond donors (Lipinski definition) is 0. The molecule has 3 rings (SSSR count). The van der Waals surface area contributed by atoms with Crippen LogP contribution in [0.25, 0.3) is 0 Å². The second-order valence-corrected chi connectivity index (χ2v) is 7.46. The summed E-state index contributed by atoms with van der Waals surface area (Å²) in [5, 5.41) is 2.10. The number of rotatable bonds is 6. The Hall–Kier alpha value is -1.65. The summed E-state index contributed by atoms with van der Waals surface area (Å²) < 4.78 is 5.48. The molecular weight excluding hydrogens is 318 g/mol. The highest BCUT2D eigenvalue weighted by Gasteiger charge is 2.25. The minimum absolute atomic E-state index is 0.240. The lowest BCUT2D eigenvalue weighted by Gasteiger charge is -2.34. The minimum Gasteiger partial charge on any atom is -0.381 e. The van der Waals surface area contributed by atoms with Crippen molar-refractivity contribution in [2.45, 2.75) is 38.6 Å². The van der Waals surface area contributed by atoms with Crippen molar-refractivity contribution in [3.05, 3.63) is 57.8 Å². The van der Waals surface area contributed by atoms with Crippen LogP contribution in [0, 0.1) is 6.92 Å². The number of amides is 1. The van der Waals surface area contributed by atoms with Crippen LogP contribution in [0.1, 0.15) is 28.8 Å². The van der Waals surface area contributed by atoms with E-state index in [0.717, 1.165) is 44.6 Å². The average molecular weight is 343 g/mol. The van der Waals surface area contributed by atoms with E-state index in [2.05, 4.69) is 41.5 Å². The van der Waals surface area contributed by atoms with Crippen molar-refractivity contribution in [1.29, 1.82) is 0 Å². The summed E-state index contributed by atoms with van der Waals surface area (Å²) >= 11 is 1.77. The lowest BCUT2D eigenvalue weighted by atomic mass is 10.0. The number of aryl methyl sites for hydroxylation is 1. The molecule has 0 aliphatic carbocycles. The Labute approximate surface area is 148 Å². The third-order valence-electron chi connectivity index (χ3n) is 4.57. The molecule has 1 aliphatic rings. The van der Waals surface area contributed by atoms with Gasteiger partial charge in [0.05, 0.1) is 6.42 Å². The van der Waals surface area contributed by atoms with Gasteiger partial charge in [0.25, 0.3) is 0 Å². The van der Waals surface area contributed by atoms with E-state index in [0.29, 0.717) is 12.5 Å². The number of carbonyl (C=O) groups is 1. The number of nitrogens with zero attached hydrogens (tertiary/aromatic N) is 1. The zero-order valence-electron chi connectivity index (χ0n) is 14.2. The first-order valence-electron chi connectivity index (χ1n) is 8.67. The Balaban J connectivity index is 1.68. The third kappa shape index (κ3) is 4.68. The van der Waals surface area contributed by atoms with Crippen molar-refractivity contribution in [2.75, 3.05) is 19.8 Å². The molecule has 0 radical (unpaired) electrons. The maximum absolute atomic E-state index is 13.0. The molecule has 2 aromatic rings. The summed E-state index contributed by atoms with van der Waals surface area (Å²) in [5.74, 6) is 0.240. The van der Waals surface area contributed by atoms with Gasteiger partial charge in [-0.1, -0.05) is 35.9 Å². The first-order chi connectivity index (χ1) is 11.7. The van der Waals surface area contributed by atoms with Crippen LogP contribution in [-0.2, 0) is 22.4 Å². The van der Waals surface area contributed by atoms with E-state index in [-0.39, 0.29) is 5.91 Å². The molecule has 0 atom stereocenters. The van der Waals surface area contributed by atoms with E-state index in [4.69, 9.17) is 4.74 Å². The molecular formula is C20H25NO2S. The Morgan fingerprint density at radius 3 is 2.79 bits per heavy atom. The Morgan fingerprint density at radius 2 is 2.08 bits per heavy atom. The van der Waals surface area contributed by atoms with E-state index in [9.17, 15) is 4.79 Å². The monoisotopic (exact) mass is 343 g/mol. The fourth-order valence-corrected chi connectivity index (χ4v) is 3.99. The normalized spacial score (nSPS) is 15.4. The average Bonchev–Trinajstić information content (AvgIpc) is 3.09. The number of carbonyl (C=O) groups excluding carboxylic acids is 1. The fourth-order valence-electron chi connectivity index (χ4n) is 3.29. The van der Waals surface area contributed by atoms with Gasteiger partial charge in [-0.2, -0.15) is 0 Å². The molecule has 24 heavy (non-hydrogen) atoms. The quantitative estimate of drug-likeness (QED) is 0.797. The maximum atomic E-state index is 13.0. The molecule has 0 unspecified atom stereocenters. The van der Waals surface area contributed by atoms with Gasteiger partial charge in [-0.05, 0) is 43.2 Å². The van der Waals surface area contributed by atoms with Gasteiger partial charge in [0.1, 0.15) is 0 Å². The Bertz CT molecular complexity index is 647. The standard InChI is InChI=1S/C20H25NO2S/c1-16-4-2-5-17(14-16)15-20(22)21(18-8-11-23-12-9-18)10-7-19-6-3-13-24-19/h2-6,13-14,18H,7-12,15H2,1H3. The molecule has 128 valence electrons. The van der Waals surface area contributed by atoms with Gasteiger partial charge in [-0.25, -0.2) is 0 Å². The Kier molecular flexibility index (Phi) is 6.05. The first kappa shape index (κ1) is 17.2. The van der Waals surface area contributed by atoms with Crippen molar-refractivity contribution in [2.24, 2.45) is 0 Å². The molecule has 0 saturated carbocycles. The number of thiophene rings is 1. The molecule has 1 aliphatic heterocycles. The maximum Gasteiger partial charge on any atom is 0.227 e. The highest BCUT2D eigenvalue weighted by molar-refractivity contribution is 7.09. The van der Waals surface area contributed by atoms with Gasteiger partial charge >= 0.3 is 0 Å². The molecule has 1 amide bonds. The van der Waals surface area contributed by atoms with E-state index in [1.807, 2.05) is 12.1 Å². The zero-order chi connectivity index (χ0) is 16.8. The van der Waals surface area contributed by atoms with E-state index in [1.54, 1.807) is 11.3 Å². The van der Waals surface area contributed by atoms with Gasteiger partial charge in [0.15, 0.2) is 0 Å². The topological polar surface area (TPSA) is 29.5 Å². The minimum atomic E-state index is 0.240. The lowest BCUT2D eigenvalue weighted by molar-refractivity contribution is -0.134. The highest BCUT2D eigenvalue weighted by Crippen LogP contribution is 2.18. The van der Waals surface area contributed by atoms with Crippen LogP contribution in [0.3, 0.4) is 0 Å². The molecule has 0 N–H and O–H groups in total. The SMILES string of the molecule is Cc1cccc(CC(=O)N(CCc2cccs2)C2CCOCC2)c1. The summed E-state index contributed by atoms with van der Waals surface area (Å²) in [5.41, 5.74) is 2.31. The Morgan fingerprint density at radius 1 is 1.25 bits per heavy atom. The van der Waals surface area contributed by atoms with Crippen LogP contribution in [0.5, 0.6) is 0 Å². The predicted molar refractivity (Wildman–Crippen MR) is 98.5 cm³/mol. The molecule has 0 spiro atoms. The second-order valence-electron chi connectivity index (χ2n) is 6.43. The summed E-state index contributed by atoms with van der Waals surface area (Å²) in [6.07, 6.45) is 3.33. The van der Waals surface area contributed by atoms with Gasteiger partial charge in [0.2, 0.25) is 5.91 Å². The van der Waals surface area contributed by atoms with E-state index < -0.39 is 0 Å². The molecule has 1 saturated heterocycles. The molecule has 3 nitrogen and oxygen atoms in total. The number of hydrogen-bond acceptors (Lipinski definition) is 3. The van der Waals surface area contributed by atoms with E-state index in [1.165, 1.54) is 10.4 Å². The van der Waals surface area contributed by atoms with Gasteiger partial charge in [-0.3, -0.25) is 4.79 Å². The van der Waals surface area contributed by atoms with Crippen LogP contribution >= 0.6 is 11.3 Å². The summed E-state index contributed by atoms with van der Waals surface area (Å²) in [7, 11) is 0. The predicted octanol–water partition coefficient (Wildman–Crippen LogP) is 3.85. The summed E-state index contributed by atoms with van der Waals surface area (Å²) in [6, 6.07) is 12.8. The summed E-state index contributed by atoms with van der Waals surface area (Å²) in [6.45, 7) is 4.40. The van der Waals surface area contributed by atoms with Crippen LogP contribution in [0.2, 0.25) is 0 Å². The van der Waals surface area contributed by atoms with Gasteiger partial charge < -0.3 is 9.64 Å². The summed E-state index contributed by atoms with van der Waals surface area (Å²) in [4.78, 5) is 16.4. The lowest BCUT2D eigenvalue weighted by Crippen LogP contribution is -2.45. The van der Waals surface area contributed by atoms with Crippen molar-refractivity contribution in [3.8, 4) is 0 Å². The molecule has 2 heterocycles. The highest BCUT2D eigenvalue weighted by atomic mass is 32.1. The van der Waals surface area contributed by atoms with Crippen molar-refractivity contribution >= 4 is 17.2 Å². The van der Waals surface area contributed by atoms with Crippen molar-refractivity contribution in [3.63, 3.8) is 0 Å². The van der Waals surface area contributed by atoms with Gasteiger partial charge in [-0.15, -0.1) is 11.3 Å². The van der Waals surface area contributed by atoms with Crippen molar-refractivity contribution in [1.82, 2.24) is 4.90 Å². The largest absolute Gasteiger partial charge is 0.381 e. The third-order valence-corrected chi connectivity index (χ3v) is 5.51. The molecule has 1 fully saturated rings.